The average molecular weight is 163 g/mol. The van der Waals surface area contributed by atoms with Crippen molar-refractivity contribution in [2.45, 2.75) is 32.1 Å². The van der Waals surface area contributed by atoms with Gasteiger partial charge < -0.3 is 4.98 Å². The minimum Gasteiger partial charge on any atom is -0.326 e. The molecule has 12 heavy (non-hydrogen) atoms. The van der Waals surface area contributed by atoms with Crippen LogP contribution in [0.2, 0.25) is 0 Å². The predicted octanol–water partition coefficient (Wildman–Crippen LogP) is 1.99. The van der Waals surface area contributed by atoms with Crippen LogP contribution in [0, 0.1) is 0 Å². The first-order chi connectivity index (χ1) is 5.68. The molecule has 2 rings (SSSR count). The molecule has 2 heteroatoms. The molecule has 0 spiro atoms. The zero-order valence-electron chi connectivity index (χ0n) is 7.42. The molecule has 1 heterocycles. The monoisotopic (exact) mass is 163 g/mol. The summed E-state index contributed by atoms with van der Waals surface area (Å²) in [6.45, 7) is 4.37. The van der Waals surface area contributed by atoms with Crippen LogP contribution in [-0.4, -0.2) is 4.98 Å². The summed E-state index contributed by atoms with van der Waals surface area (Å²) in [6.07, 6.45) is 1.16. The quantitative estimate of drug-likeness (QED) is 0.623. The van der Waals surface area contributed by atoms with Gasteiger partial charge in [0.25, 0.3) is 0 Å². The molecular weight excluding hydrogens is 150 g/mol. The summed E-state index contributed by atoms with van der Waals surface area (Å²) in [7, 11) is 0. The molecule has 0 saturated carbocycles. The van der Waals surface area contributed by atoms with Crippen LogP contribution < -0.4 is 5.56 Å². The van der Waals surface area contributed by atoms with Gasteiger partial charge in [-0.3, -0.25) is 4.79 Å². The van der Waals surface area contributed by atoms with Gasteiger partial charge in [-0.25, -0.2) is 0 Å². The number of hydrogen-bond acceptors (Lipinski definition) is 1. The van der Waals surface area contributed by atoms with Crippen molar-refractivity contribution in [2.24, 2.45) is 0 Å². The van der Waals surface area contributed by atoms with Crippen LogP contribution in [0.3, 0.4) is 0 Å². The Morgan fingerprint density at radius 3 is 2.83 bits per heavy atom. The maximum Gasteiger partial charge on any atom is 0.248 e. The third-order valence-electron chi connectivity index (χ3n) is 2.71. The molecule has 2 nitrogen and oxygen atoms in total. The Morgan fingerprint density at radius 1 is 1.33 bits per heavy atom. The third-order valence-corrected chi connectivity index (χ3v) is 2.71. The first-order valence-corrected chi connectivity index (χ1v) is 4.41. The Bertz CT molecular complexity index is 353. The van der Waals surface area contributed by atoms with Crippen molar-refractivity contribution < 1.29 is 0 Å². The summed E-state index contributed by atoms with van der Waals surface area (Å²) >= 11 is 0. The lowest BCUT2D eigenvalue weighted by Gasteiger charge is -2.02. The zero-order valence-corrected chi connectivity index (χ0v) is 7.42. The topological polar surface area (TPSA) is 32.9 Å². The lowest BCUT2D eigenvalue weighted by atomic mass is 10.1. The maximum atomic E-state index is 11.0. The SMILES string of the molecule is CC1CC(C)c2[nH]c(=O)ccc21. The van der Waals surface area contributed by atoms with E-state index < -0.39 is 0 Å². The minimum absolute atomic E-state index is 0.0229. The molecule has 1 aliphatic carbocycles. The molecule has 1 N–H and O–H groups in total. The summed E-state index contributed by atoms with van der Waals surface area (Å²) in [5.74, 6) is 1.12. The lowest BCUT2D eigenvalue weighted by molar-refractivity contribution is 0.654. The molecule has 0 amide bonds. The van der Waals surface area contributed by atoms with Gasteiger partial charge in [0.2, 0.25) is 5.56 Å². The second-order valence-corrected chi connectivity index (χ2v) is 3.73. The summed E-state index contributed by atoms with van der Waals surface area (Å²) in [4.78, 5) is 13.9. The molecule has 0 bridgehead atoms. The second kappa shape index (κ2) is 2.47. The van der Waals surface area contributed by atoms with Crippen molar-refractivity contribution in [3.63, 3.8) is 0 Å². The van der Waals surface area contributed by atoms with Crippen molar-refractivity contribution in [3.8, 4) is 0 Å². The van der Waals surface area contributed by atoms with E-state index in [1.165, 1.54) is 5.56 Å². The highest BCUT2D eigenvalue weighted by molar-refractivity contribution is 5.31. The third kappa shape index (κ3) is 0.986. The van der Waals surface area contributed by atoms with E-state index in [4.69, 9.17) is 0 Å². The van der Waals surface area contributed by atoms with Crippen LogP contribution in [0.4, 0.5) is 0 Å². The first kappa shape index (κ1) is 7.59. The fourth-order valence-corrected chi connectivity index (χ4v) is 2.11. The Kier molecular flexibility index (Phi) is 1.56. The molecule has 1 aromatic rings. The van der Waals surface area contributed by atoms with Gasteiger partial charge in [0, 0.05) is 11.8 Å². The molecule has 0 fully saturated rings. The highest BCUT2D eigenvalue weighted by Crippen LogP contribution is 2.38. The van der Waals surface area contributed by atoms with Gasteiger partial charge in [-0.05, 0) is 23.8 Å². The molecular formula is C10H13NO. The number of rotatable bonds is 0. The highest BCUT2D eigenvalue weighted by Gasteiger charge is 2.25. The van der Waals surface area contributed by atoms with Crippen LogP contribution in [-0.2, 0) is 0 Å². The Hall–Kier alpha value is -1.05. The number of fused-ring (bicyclic) bond motifs is 1. The summed E-state index contributed by atoms with van der Waals surface area (Å²) in [5, 5.41) is 0. The predicted molar refractivity (Wildman–Crippen MR) is 48.5 cm³/mol. The summed E-state index contributed by atoms with van der Waals surface area (Å²) in [6, 6.07) is 3.58. The standard InChI is InChI=1S/C10H13NO/c1-6-5-7(2)10-8(6)3-4-9(12)11-10/h3-4,6-7H,5H2,1-2H3,(H,11,12). The van der Waals surface area contributed by atoms with E-state index in [0.717, 1.165) is 12.1 Å². The number of aromatic amines is 1. The summed E-state index contributed by atoms with van der Waals surface area (Å²) < 4.78 is 0. The smallest absolute Gasteiger partial charge is 0.248 e. The van der Waals surface area contributed by atoms with Gasteiger partial charge >= 0.3 is 0 Å². The molecule has 2 unspecified atom stereocenters. The van der Waals surface area contributed by atoms with Crippen LogP contribution in [0.15, 0.2) is 16.9 Å². The minimum atomic E-state index is 0.0229. The molecule has 2 atom stereocenters. The van der Waals surface area contributed by atoms with Crippen molar-refractivity contribution in [1.82, 2.24) is 4.98 Å². The van der Waals surface area contributed by atoms with Crippen molar-refractivity contribution in [2.75, 3.05) is 0 Å². The van der Waals surface area contributed by atoms with Crippen molar-refractivity contribution in [3.05, 3.63) is 33.7 Å². The Morgan fingerprint density at radius 2 is 2.08 bits per heavy atom. The molecule has 0 radical (unpaired) electrons. The first-order valence-electron chi connectivity index (χ1n) is 4.41. The van der Waals surface area contributed by atoms with E-state index in [9.17, 15) is 4.79 Å². The van der Waals surface area contributed by atoms with Gasteiger partial charge in [0.1, 0.15) is 0 Å². The number of nitrogens with one attached hydrogen (secondary N) is 1. The van der Waals surface area contributed by atoms with Crippen LogP contribution >= 0.6 is 0 Å². The maximum absolute atomic E-state index is 11.0. The van der Waals surface area contributed by atoms with E-state index in [1.54, 1.807) is 6.07 Å². The molecule has 64 valence electrons. The fourth-order valence-electron chi connectivity index (χ4n) is 2.11. The van der Waals surface area contributed by atoms with Crippen LogP contribution in [0.25, 0.3) is 0 Å². The lowest BCUT2D eigenvalue weighted by Crippen LogP contribution is -2.07. The highest BCUT2D eigenvalue weighted by atomic mass is 16.1. The van der Waals surface area contributed by atoms with Crippen LogP contribution in [0.1, 0.15) is 43.4 Å². The van der Waals surface area contributed by atoms with Gasteiger partial charge in [0.05, 0.1) is 0 Å². The number of H-pyrrole nitrogens is 1. The zero-order chi connectivity index (χ0) is 8.72. The van der Waals surface area contributed by atoms with Gasteiger partial charge in [-0.15, -0.1) is 0 Å². The number of pyridine rings is 1. The summed E-state index contributed by atoms with van der Waals surface area (Å²) in [5.41, 5.74) is 2.49. The molecule has 0 saturated heterocycles. The van der Waals surface area contributed by atoms with E-state index in [1.807, 2.05) is 6.07 Å². The molecule has 1 aliphatic rings. The molecule has 0 aromatic carbocycles. The largest absolute Gasteiger partial charge is 0.326 e. The average Bonchev–Trinajstić information content (AvgIpc) is 2.28. The number of hydrogen-bond donors (Lipinski definition) is 1. The van der Waals surface area contributed by atoms with Crippen molar-refractivity contribution in [1.29, 1.82) is 0 Å². The molecule has 0 aliphatic heterocycles. The number of aromatic nitrogens is 1. The van der Waals surface area contributed by atoms with Gasteiger partial charge in [0.15, 0.2) is 0 Å². The second-order valence-electron chi connectivity index (χ2n) is 3.73. The van der Waals surface area contributed by atoms with E-state index in [2.05, 4.69) is 18.8 Å². The molecule has 1 aromatic heterocycles. The Balaban J connectivity index is 2.60. The van der Waals surface area contributed by atoms with Gasteiger partial charge in [-0.2, -0.15) is 0 Å². The van der Waals surface area contributed by atoms with Crippen molar-refractivity contribution >= 4 is 0 Å². The van der Waals surface area contributed by atoms with E-state index in [0.29, 0.717) is 11.8 Å². The van der Waals surface area contributed by atoms with E-state index in [-0.39, 0.29) is 5.56 Å². The van der Waals surface area contributed by atoms with Crippen LogP contribution in [0.5, 0.6) is 0 Å². The Labute approximate surface area is 71.6 Å². The normalized spacial score (nSPS) is 27.2. The van der Waals surface area contributed by atoms with E-state index >= 15 is 0 Å². The van der Waals surface area contributed by atoms with Gasteiger partial charge in [-0.1, -0.05) is 19.9 Å². The fraction of sp³-hybridized carbons (Fsp3) is 0.500.